The summed E-state index contributed by atoms with van der Waals surface area (Å²) in [6.07, 6.45) is 3.26. The molecule has 3 aliphatic heterocycles. The number of benzene rings is 1. The van der Waals surface area contributed by atoms with Gasteiger partial charge in [0, 0.05) is 42.8 Å². The van der Waals surface area contributed by atoms with Crippen LogP contribution >= 0.6 is 11.6 Å². The largest absolute Gasteiger partial charge is 0.444 e. The Balaban J connectivity index is 1.42. The highest BCUT2D eigenvalue weighted by atomic mass is 35.5. The molecule has 0 N–H and O–H groups in total. The Kier molecular flexibility index (Phi) is 6.78. The number of nitrogens with zero attached hydrogens (tertiary/aromatic N) is 3. The topological polar surface area (TPSA) is 70.2 Å². The summed E-state index contributed by atoms with van der Waals surface area (Å²) < 4.78 is 34.3. The molecule has 4 rings (SSSR count). The van der Waals surface area contributed by atoms with Gasteiger partial charge in [-0.25, -0.2) is 13.2 Å². The number of piperazine rings is 1. The molecule has 7 nitrogen and oxygen atoms in total. The number of sulfonamides is 1. The molecule has 3 atom stereocenters. The molecule has 1 amide bonds. The Hall–Kier alpha value is -1.35. The number of rotatable bonds is 5. The SMILES string of the molecule is CCC(C)(C)N1CCN(C(=O)O[C@H]2CCC3CCC2N3S(=O)(=O)c2ccc(Cl)cc2)CC1. The summed E-state index contributed by atoms with van der Waals surface area (Å²) in [6.45, 7) is 9.56. The fourth-order valence-electron chi connectivity index (χ4n) is 5.22. The number of carbonyl (C=O) groups is 1. The zero-order valence-corrected chi connectivity index (χ0v) is 20.7. The van der Waals surface area contributed by atoms with Crippen LogP contribution in [-0.2, 0) is 14.8 Å². The summed E-state index contributed by atoms with van der Waals surface area (Å²) in [5.74, 6) is 0. The van der Waals surface area contributed by atoms with Crippen molar-refractivity contribution in [3.05, 3.63) is 29.3 Å². The molecule has 9 heteroatoms. The van der Waals surface area contributed by atoms with Crippen LogP contribution in [-0.4, -0.2) is 78.5 Å². The third-order valence-corrected chi connectivity index (χ3v) is 9.84. The minimum absolute atomic E-state index is 0.0320. The molecule has 0 aliphatic carbocycles. The third kappa shape index (κ3) is 4.52. The van der Waals surface area contributed by atoms with Crippen molar-refractivity contribution >= 4 is 27.7 Å². The fraction of sp³-hybridized carbons (Fsp3) is 0.696. The summed E-state index contributed by atoms with van der Waals surface area (Å²) in [4.78, 5) is 17.4. The van der Waals surface area contributed by atoms with E-state index < -0.39 is 16.1 Å². The molecule has 3 fully saturated rings. The van der Waals surface area contributed by atoms with Crippen molar-refractivity contribution < 1.29 is 17.9 Å². The molecule has 3 aliphatic rings. The average molecular weight is 484 g/mol. The number of carbonyl (C=O) groups excluding carboxylic acids is 1. The Labute approximate surface area is 196 Å². The van der Waals surface area contributed by atoms with Crippen molar-refractivity contribution in [2.45, 2.75) is 81.5 Å². The van der Waals surface area contributed by atoms with Gasteiger partial charge in [-0.15, -0.1) is 0 Å². The average Bonchev–Trinajstić information content (AvgIpc) is 3.12. The van der Waals surface area contributed by atoms with E-state index in [2.05, 4.69) is 25.7 Å². The predicted molar refractivity (Wildman–Crippen MR) is 124 cm³/mol. The van der Waals surface area contributed by atoms with Crippen LogP contribution in [0, 0.1) is 0 Å². The Morgan fingerprint density at radius 3 is 2.31 bits per heavy atom. The first kappa shape index (κ1) is 23.8. The van der Waals surface area contributed by atoms with E-state index in [1.165, 1.54) is 0 Å². The quantitative estimate of drug-likeness (QED) is 0.633. The molecule has 1 aromatic carbocycles. The van der Waals surface area contributed by atoms with Crippen LogP contribution < -0.4 is 0 Å². The first-order chi connectivity index (χ1) is 15.1. The highest BCUT2D eigenvalue weighted by molar-refractivity contribution is 7.89. The molecule has 0 aromatic heterocycles. The van der Waals surface area contributed by atoms with Gasteiger partial charge in [0.25, 0.3) is 0 Å². The van der Waals surface area contributed by atoms with E-state index in [4.69, 9.17) is 16.3 Å². The molecule has 0 saturated carbocycles. The molecule has 1 aromatic rings. The van der Waals surface area contributed by atoms with Gasteiger partial charge in [0.2, 0.25) is 10.0 Å². The van der Waals surface area contributed by atoms with Crippen molar-refractivity contribution in [3.63, 3.8) is 0 Å². The molecule has 0 radical (unpaired) electrons. The van der Waals surface area contributed by atoms with Crippen LogP contribution in [0.15, 0.2) is 29.2 Å². The highest BCUT2D eigenvalue weighted by Crippen LogP contribution is 2.41. The number of piperidine rings is 1. The molecule has 3 saturated heterocycles. The number of halogens is 1. The second-order valence-corrected chi connectivity index (χ2v) is 12.0. The van der Waals surface area contributed by atoms with Gasteiger partial charge < -0.3 is 9.64 Å². The maximum absolute atomic E-state index is 13.4. The molecule has 2 unspecified atom stereocenters. The van der Waals surface area contributed by atoms with E-state index in [1.54, 1.807) is 33.5 Å². The second-order valence-electron chi connectivity index (χ2n) is 9.73. The van der Waals surface area contributed by atoms with Crippen molar-refractivity contribution in [1.82, 2.24) is 14.1 Å². The van der Waals surface area contributed by atoms with Gasteiger partial charge in [-0.3, -0.25) is 4.90 Å². The summed E-state index contributed by atoms with van der Waals surface area (Å²) >= 11 is 5.94. The summed E-state index contributed by atoms with van der Waals surface area (Å²) in [5.41, 5.74) is 0.120. The van der Waals surface area contributed by atoms with E-state index >= 15 is 0 Å². The minimum Gasteiger partial charge on any atom is -0.444 e. The first-order valence-electron chi connectivity index (χ1n) is 11.6. The van der Waals surface area contributed by atoms with E-state index in [9.17, 15) is 13.2 Å². The van der Waals surface area contributed by atoms with Crippen LogP contribution in [0.3, 0.4) is 0 Å². The van der Waals surface area contributed by atoms with Crippen LogP contribution in [0.2, 0.25) is 5.02 Å². The van der Waals surface area contributed by atoms with E-state index in [0.29, 0.717) is 37.4 Å². The number of hydrogen-bond donors (Lipinski definition) is 0. The van der Waals surface area contributed by atoms with E-state index in [0.717, 1.165) is 25.9 Å². The van der Waals surface area contributed by atoms with Gasteiger partial charge in [0.1, 0.15) is 6.10 Å². The maximum atomic E-state index is 13.4. The molecular formula is C23H34ClN3O4S. The highest BCUT2D eigenvalue weighted by Gasteiger charge is 2.50. The van der Waals surface area contributed by atoms with Crippen LogP contribution in [0.4, 0.5) is 4.79 Å². The number of hydrogen-bond acceptors (Lipinski definition) is 5. The van der Waals surface area contributed by atoms with Gasteiger partial charge in [-0.2, -0.15) is 4.31 Å². The van der Waals surface area contributed by atoms with Gasteiger partial charge in [-0.05, 0) is 70.2 Å². The summed E-state index contributed by atoms with van der Waals surface area (Å²) in [7, 11) is -3.67. The first-order valence-corrected chi connectivity index (χ1v) is 13.4. The Morgan fingerprint density at radius 1 is 1.06 bits per heavy atom. The lowest BCUT2D eigenvalue weighted by molar-refractivity contribution is -0.00518. The van der Waals surface area contributed by atoms with Crippen LogP contribution in [0.5, 0.6) is 0 Å². The maximum Gasteiger partial charge on any atom is 0.410 e. The van der Waals surface area contributed by atoms with E-state index in [-0.39, 0.29) is 28.6 Å². The Bertz CT molecular complexity index is 929. The molecule has 2 bridgehead atoms. The van der Waals surface area contributed by atoms with Crippen molar-refractivity contribution in [1.29, 1.82) is 0 Å². The number of amides is 1. The van der Waals surface area contributed by atoms with Crippen molar-refractivity contribution in [3.8, 4) is 0 Å². The minimum atomic E-state index is -3.67. The fourth-order valence-corrected chi connectivity index (χ4v) is 7.27. The lowest BCUT2D eigenvalue weighted by atomic mass is 9.98. The number of fused-ring (bicyclic) bond motifs is 2. The Morgan fingerprint density at radius 2 is 1.69 bits per heavy atom. The van der Waals surface area contributed by atoms with E-state index in [1.807, 2.05) is 0 Å². The lowest BCUT2D eigenvalue weighted by Crippen LogP contribution is -2.57. The molecule has 0 spiro atoms. The van der Waals surface area contributed by atoms with Crippen LogP contribution in [0.1, 0.15) is 52.9 Å². The summed E-state index contributed by atoms with van der Waals surface area (Å²) in [5, 5.41) is 0.500. The van der Waals surface area contributed by atoms with Gasteiger partial charge in [0.05, 0.1) is 10.9 Å². The van der Waals surface area contributed by atoms with Crippen molar-refractivity contribution in [2.24, 2.45) is 0 Å². The standard InChI is InChI=1S/C23H34ClN3O4S/c1-4-23(2,3)26-15-13-25(14-16-26)22(28)31-21-12-8-18-7-11-20(21)27(18)32(29,30)19-9-5-17(24)6-10-19/h5-6,9-10,18,20-21H,4,7-8,11-16H2,1-3H3/t18?,20?,21-/m0/s1. The van der Waals surface area contributed by atoms with Crippen LogP contribution in [0.25, 0.3) is 0 Å². The zero-order chi connectivity index (χ0) is 23.1. The zero-order valence-electron chi connectivity index (χ0n) is 19.2. The predicted octanol–water partition coefficient (Wildman–Crippen LogP) is 3.97. The van der Waals surface area contributed by atoms with Gasteiger partial charge >= 0.3 is 6.09 Å². The normalized spacial score (nSPS) is 27.5. The monoisotopic (exact) mass is 483 g/mol. The van der Waals surface area contributed by atoms with Gasteiger partial charge in [-0.1, -0.05) is 18.5 Å². The summed E-state index contributed by atoms with van der Waals surface area (Å²) in [6, 6.07) is 5.94. The number of ether oxygens (including phenoxy) is 1. The molecule has 32 heavy (non-hydrogen) atoms. The molecule has 3 heterocycles. The smallest absolute Gasteiger partial charge is 0.410 e. The second kappa shape index (κ2) is 9.12. The molecule has 178 valence electrons. The van der Waals surface area contributed by atoms with Gasteiger partial charge in [0.15, 0.2) is 0 Å². The van der Waals surface area contributed by atoms with Crippen molar-refractivity contribution in [2.75, 3.05) is 26.2 Å². The lowest BCUT2D eigenvalue weighted by Gasteiger charge is -2.44. The third-order valence-electron chi connectivity index (χ3n) is 7.60. The molecular weight excluding hydrogens is 450 g/mol.